The molecule has 0 amide bonds. The SMILES string of the molecule is CCNC(=S)N1CCc2nn(C)c(C(=O)OCC)c2C1. The number of nitrogens with zero attached hydrogens (tertiary/aromatic N) is 3. The minimum atomic E-state index is -0.319. The third-order valence-corrected chi connectivity index (χ3v) is 3.68. The fraction of sp³-hybridized carbons (Fsp3) is 0.615. The Hall–Kier alpha value is -1.63. The van der Waals surface area contributed by atoms with Crippen LogP contribution < -0.4 is 5.32 Å². The van der Waals surface area contributed by atoms with E-state index in [9.17, 15) is 4.79 Å². The Balaban J connectivity index is 2.25. The van der Waals surface area contributed by atoms with Crippen molar-refractivity contribution in [2.45, 2.75) is 26.8 Å². The molecule has 0 saturated heterocycles. The van der Waals surface area contributed by atoms with Crippen LogP contribution in [0.4, 0.5) is 0 Å². The van der Waals surface area contributed by atoms with E-state index in [0.717, 1.165) is 35.9 Å². The van der Waals surface area contributed by atoms with Gasteiger partial charge in [0.2, 0.25) is 0 Å². The van der Waals surface area contributed by atoms with E-state index in [1.165, 1.54) is 0 Å². The highest BCUT2D eigenvalue weighted by molar-refractivity contribution is 7.80. The summed E-state index contributed by atoms with van der Waals surface area (Å²) in [6, 6.07) is 0. The lowest BCUT2D eigenvalue weighted by atomic mass is 10.1. The third kappa shape index (κ3) is 2.77. The average Bonchev–Trinajstić information content (AvgIpc) is 2.74. The number of rotatable bonds is 3. The Kier molecular flexibility index (Phi) is 4.59. The standard InChI is InChI=1S/C13H20N4O2S/c1-4-14-13(20)17-7-6-10-9(8-17)11(16(3)15-10)12(18)19-5-2/h4-8H2,1-3H3,(H,14,20). The number of hydrogen-bond acceptors (Lipinski definition) is 4. The topological polar surface area (TPSA) is 59.4 Å². The molecule has 0 aromatic carbocycles. The van der Waals surface area contributed by atoms with Crippen LogP contribution in [0.5, 0.6) is 0 Å². The highest BCUT2D eigenvalue weighted by Crippen LogP contribution is 2.22. The predicted octanol–water partition coefficient (Wildman–Crippen LogP) is 0.849. The molecular formula is C13H20N4O2S. The largest absolute Gasteiger partial charge is 0.461 e. The van der Waals surface area contributed by atoms with Gasteiger partial charge < -0.3 is 15.0 Å². The second-order valence-corrected chi connectivity index (χ2v) is 5.01. The first-order valence-corrected chi connectivity index (χ1v) is 7.23. The van der Waals surface area contributed by atoms with Crippen molar-refractivity contribution in [2.24, 2.45) is 7.05 Å². The summed E-state index contributed by atoms with van der Waals surface area (Å²) >= 11 is 5.34. The molecule has 0 aliphatic carbocycles. The molecule has 0 bridgehead atoms. The number of carbonyl (C=O) groups excluding carboxylic acids is 1. The van der Waals surface area contributed by atoms with Gasteiger partial charge in [-0.15, -0.1) is 0 Å². The zero-order valence-corrected chi connectivity index (χ0v) is 12.9. The van der Waals surface area contributed by atoms with Gasteiger partial charge in [0.15, 0.2) is 10.8 Å². The molecule has 0 unspecified atom stereocenters. The maximum atomic E-state index is 12.1. The number of aryl methyl sites for hydroxylation is 1. The van der Waals surface area contributed by atoms with Crippen molar-refractivity contribution in [1.82, 2.24) is 20.0 Å². The second-order valence-electron chi connectivity index (χ2n) is 4.62. The van der Waals surface area contributed by atoms with Crippen molar-refractivity contribution in [1.29, 1.82) is 0 Å². The summed E-state index contributed by atoms with van der Waals surface area (Å²) < 4.78 is 6.72. The van der Waals surface area contributed by atoms with Crippen LogP contribution in [0.25, 0.3) is 0 Å². The minimum absolute atomic E-state index is 0.319. The number of aromatic nitrogens is 2. The first-order chi connectivity index (χ1) is 9.58. The lowest BCUT2D eigenvalue weighted by molar-refractivity contribution is 0.0511. The molecule has 1 aliphatic rings. The molecule has 0 radical (unpaired) electrons. The maximum Gasteiger partial charge on any atom is 0.356 e. The Labute approximate surface area is 124 Å². The van der Waals surface area contributed by atoms with E-state index in [-0.39, 0.29) is 5.97 Å². The smallest absolute Gasteiger partial charge is 0.356 e. The van der Waals surface area contributed by atoms with E-state index >= 15 is 0 Å². The molecule has 6 nitrogen and oxygen atoms in total. The molecule has 110 valence electrons. The molecule has 0 fully saturated rings. The van der Waals surface area contributed by atoms with Gasteiger partial charge in [-0.2, -0.15) is 5.10 Å². The fourth-order valence-electron chi connectivity index (χ4n) is 2.39. The molecule has 20 heavy (non-hydrogen) atoms. The van der Waals surface area contributed by atoms with Gasteiger partial charge in [0.1, 0.15) is 0 Å². The van der Waals surface area contributed by atoms with E-state index in [0.29, 0.717) is 18.8 Å². The van der Waals surface area contributed by atoms with Crippen LogP contribution in [0.1, 0.15) is 35.6 Å². The number of nitrogens with one attached hydrogen (secondary N) is 1. The summed E-state index contributed by atoms with van der Waals surface area (Å²) in [7, 11) is 1.78. The zero-order chi connectivity index (χ0) is 14.7. The van der Waals surface area contributed by atoms with Crippen molar-refractivity contribution >= 4 is 23.3 Å². The van der Waals surface area contributed by atoms with Crippen LogP contribution in [0.2, 0.25) is 0 Å². The van der Waals surface area contributed by atoms with Gasteiger partial charge in [0, 0.05) is 38.7 Å². The van der Waals surface area contributed by atoms with Crippen molar-refractivity contribution in [3.05, 3.63) is 17.0 Å². The van der Waals surface area contributed by atoms with Crippen molar-refractivity contribution in [2.75, 3.05) is 19.7 Å². The molecule has 2 heterocycles. The first-order valence-electron chi connectivity index (χ1n) is 6.83. The van der Waals surface area contributed by atoms with Crippen LogP contribution in [0, 0.1) is 0 Å². The molecule has 1 aliphatic heterocycles. The Bertz CT molecular complexity index is 527. The summed E-state index contributed by atoms with van der Waals surface area (Å²) in [5, 5.41) is 8.28. The molecular weight excluding hydrogens is 276 g/mol. The molecule has 0 atom stereocenters. The molecule has 0 saturated carbocycles. The quantitative estimate of drug-likeness (QED) is 0.659. The number of ether oxygens (including phenoxy) is 1. The molecule has 1 aromatic heterocycles. The zero-order valence-electron chi connectivity index (χ0n) is 12.1. The minimum Gasteiger partial charge on any atom is -0.461 e. The number of carbonyl (C=O) groups is 1. The van der Waals surface area contributed by atoms with Crippen LogP contribution >= 0.6 is 12.2 Å². The number of fused-ring (bicyclic) bond motifs is 1. The van der Waals surface area contributed by atoms with E-state index in [1.54, 1.807) is 18.7 Å². The summed E-state index contributed by atoms with van der Waals surface area (Å²) in [6.45, 7) is 6.38. The molecule has 1 N–H and O–H groups in total. The molecule has 7 heteroatoms. The van der Waals surface area contributed by atoms with E-state index in [2.05, 4.69) is 15.3 Å². The highest BCUT2D eigenvalue weighted by atomic mass is 32.1. The Morgan fingerprint density at radius 1 is 1.50 bits per heavy atom. The lowest BCUT2D eigenvalue weighted by Crippen LogP contribution is -2.42. The van der Waals surface area contributed by atoms with Crippen molar-refractivity contribution < 1.29 is 9.53 Å². The average molecular weight is 296 g/mol. The van der Waals surface area contributed by atoms with Crippen LogP contribution in [-0.4, -0.2) is 45.5 Å². The van der Waals surface area contributed by atoms with Gasteiger partial charge in [-0.3, -0.25) is 4.68 Å². The van der Waals surface area contributed by atoms with Crippen molar-refractivity contribution in [3.63, 3.8) is 0 Å². The summed E-state index contributed by atoms with van der Waals surface area (Å²) in [5.41, 5.74) is 2.43. The number of hydrogen-bond donors (Lipinski definition) is 1. The number of esters is 1. The summed E-state index contributed by atoms with van der Waals surface area (Å²) in [5.74, 6) is -0.319. The normalized spacial score (nSPS) is 13.8. The van der Waals surface area contributed by atoms with Gasteiger partial charge in [-0.05, 0) is 26.1 Å². The van der Waals surface area contributed by atoms with E-state index in [1.807, 2.05) is 6.92 Å². The van der Waals surface area contributed by atoms with Gasteiger partial charge in [-0.25, -0.2) is 4.79 Å². The van der Waals surface area contributed by atoms with E-state index < -0.39 is 0 Å². The number of thiocarbonyl (C=S) groups is 1. The Morgan fingerprint density at radius 3 is 2.90 bits per heavy atom. The van der Waals surface area contributed by atoms with Crippen LogP contribution in [0.3, 0.4) is 0 Å². The lowest BCUT2D eigenvalue weighted by Gasteiger charge is -2.29. The van der Waals surface area contributed by atoms with E-state index in [4.69, 9.17) is 17.0 Å². The summed E-state index contributed by atoms with van der Waals surface area (Å²) in [4.78, 5) is 14.1. The van der Waals surface area contributed by atoms with Gasteiger partial charge in [-0.1, -0.05) is 0 Å². The first kappa shape index (κ1) is 14.8. The maximum absolute atomic E-state index is 12.1. The molecule has 0 spiro atoms. The molecule has 1 aromatic rings. The third-order valence-electron chi connectivity index (χ3n) is 3.28. The monoisotopic (exact) mass is 296 g/mol. The van der Waals surface area contributed by atoms with Crippen molar-refractivity contribution in [3.8, 4) is 0 Å². The van der Waals surface area contributed by atoms with Gasteiger partial charge in [0.25, 0.3) is 0 Å². The predicted molar refractivity (Wildman–Crippen MR) is 79.6 cm³/mol. The van der Waals surface area contributed by atoms with Crippen LogP contribution in [0.15, 0.2) is 0 Å². The van der Waals surface area contributed by atoms with Crippen LogP contribution in [-0.2, 0) is 24.8 Å². The van der Waals surface area contributed by atoms with Gasteiger partial charge in [0.05, 0.1) is 12.3 Å². The Morgan fingerprint density at radius 2 is 2.25 bits per heavy atom. The summed E-state index contributed by atoms with van der Waals surface area (Å²) in [6.07, 6.45) is 0.786. The second kappa shape index (κ2) is 6.21. The highest BCUT2D eigenvalue weighted by Gasteiger charge is 2.28. The fourth-order valence-corrected chi connectivity index (χ4v) is 2.69. The molecule has 2 rings (SSSR count). The van der Waals surface area contributed by atoms with Gasteiger partial charge >= 0.3 is 5.97 Å².